The molecule has 0 saturated heterocycles. The molecule has 0 aliphatic carbocycles. The van der Waals surface area contributed by atoms with E-state index in [1.807, 2.05) is 0 Å². The van der Waals surface area contributed by atoms with Crippen LogP contribution in [-0.4, -0.2) is 48.0 Å². The van der Waals surface area contributed by atoms with Crippen LogP contribution >= 0.6 is 0 Å². The number of rotatable bonds is 7. The lowest BCUT2D eigenvalue weighted by Gasteiger charge is -2.12. The summed E-state index contributed by atoms with van der Waals surface area (Å²) in [5, 5.41) is 3.63. The Morgan fingerprint density at radius 3 is 2.50 bits per heavy atom. The van der Waals surface area contributed by atoms with Crippen molar-refractivity contribution in [2.75, 3.05) is 17.9 Å². The van der Waals surface area contributed by atoms with Crippen LogP contribution in [0.15, 0.2) is 29.1 Å². The first-order valence-electron chi connectivity index (χ1n) is 8.10. The van der Waals surface area contributed by atoms with Crippen molar-refractivity contribution in [3.8, 4) is 6.01 Å². The summed E-state index contributed by atoms with van der Waals surface area (Å²) in [6, 6.07) is 4.20. The highest BCUT2D eigenvalue weighted by atomic mass is 32.2. The molecule has 152 valence electrons. The highest BCUT2D eigenvalue weighted by Gasteiger charge is 2.23. The summed E-state index contributed by atoms with van der Waals surface area (Å²) in [6.07, 6.45) is 0. The van der Waals surface area contributed by atoms with Crippen LogP contribution in [0.25, 0.3) is 0 Å². The van der Waals surface area contributed by atoms with Crippen molar-refractivity contribution in [3.05, 3.63) is 40.3 Å². The highest BCUT2D eigenvalue weighted by Crippen LogP contribution is 2.17. The average Bonchev–Trinajstić information content (AvgIpc) is 2.90. The van der Waals surface area contributed by atoms with Gasteiger partial charge in [0.25, 0.3) is 0 Å². The van der Waals surface area contributed by atoms with Gasteiger partial charge < -0.3 is 9.47 Å². The number of esters is 1. The molecule has 0 bridgehead atoms. The Morgan fingerprint density at radius 1 is 1.18 bits per heavy atom. The lowest BCUT2D eigenvalue weighted by molar-refractivity contribution is 0.0527. The zero-order chi connectivity index (χ0) is 20.9. The molecule has 1 aromatic heterocycles. The van der Waals surface area contributed by atoms with Crippen LogP contribution in [0.2, 0.25) is 0 Å². The molecule has 1 aromatic carbocycles. The van der Waals surface area contributed by atoms with Gasteiger partial charge in [0.2, 0.25) is 0 Å². The van der Waals surface area contributed by atoms with Crippen molar-refractivity contribution in [2.24, 2.45) is 7.05 Å². The molecular weight excluding hydrogens is 394 g/mol. The predicted octanol–water partition coefficient (Wildman–Crippen LogP) is 0.0718. The lowest BCUT2D eigenvalue weighted by Crippen LogP contribution is -2.42. The van der Waals surface area contributed by atoms with Gasteiger partial charge in [0.1, 0.15) is 0 Å². The molecule has 2 rings (SSSR count). The minimum absolute atomic E-state index is 0.0455. The number of carbonyl (C=O) groups is 2. The van der Waals surface area contributed by atoms with E-state index in [2.05, 4.69) is 9.82 Å². The Hall–Kier alpha value is -3.35. The molecule has 2 N–H and O–H groups in total. The molecule has 0 aliphatic heterocycles. The Bertz CT molecular complexity index is 1040. The van der Waals surface area contributed by atoms with Crippen molar-refractivity contribution < 1.29 is 27.5 Å². The van der Waals surface area contributed by atoms with Gasteiger partial charge in [0.05, 0.1) is 24.5 Å². The SMILES string of the molecule is CCOC(=O)c1ccccc1NS(=O)(=O)NC(=O)n1nc(OCC)n(C)c1=O. The first-order valence-corrected chi connectivity index (χ1v) is 9.58. The Labute approximate surface area is 160 Å². The number of para-hydroxylation sites is 1. The molecule has 2 aromatic rings. The van der Waals surface area contributed by atoms with Crippen molar-refractivity contribution in [3.63, 3.8) is 0 Å². The van der Waals surface area contributed by atoms with E-state index < -0.39 is 27.9 Å². The number of hydrogen-bond acceptors (Lipinski definition) is 8. The normalized spacial score (nSPS) is 11.0. The van der Waals surface area contributed by atoms with Crippen LogP contribution in [0.4, 0.5) is 10.5 Å². The summed E-state index contributed by atoms with van der Waals surface area (Å²) in [7, 11) is -3.18. The molecular formula is C15H19N5O7S. The maximum atomic E-state index is 12.3. The maximum absolute atomic E-state index is 12.3. The zero-order valence-corrected chi connectivity index (χ0v) is 16.1. The minimum Gasteiger partial charge on any atom is -0.464 e. The van der Waals surface area contributed by atoms with Crippen LogP contribution in [0.5, 0.6) is 6.01 Å². The van der Waals surface area contributed by atoms with Gasteiger partial charge in [-0.05, 0) is 26.0 Å². The molecule has 0 unspecified atom stereocenters. The topological polar surface area (TPSA) is 151 Å². The van der Waals surface area contributed by atoms with E-state index in [4.69, 9.17) is 9.47 Å². The number of hydrogen-bond donors (Lipinski definition) is 2. The van der Waals surface area contributed by atoms with Gasteiger partial charge >= 0.3 is 33.9 Å². The summed E-state index contributed by atoms with van der Waals surface area (Å²) in [5.74, 6) is -0.741. The standard InChI is InChI=1S/C15H19N5O7S/c1-4-26-12(21)10-8-6-7-9-11(10)17-28(24,25)18-13(22)20-15(23)19(3)14(16-20)27-5-2/h6-9,17H,4-5H2,1-3H3,(H,18,22). The smallest absolute Gasteiger partial charge is 0.361 e. The lowest BCUT2D eigenvalue weighted by atomic mass is 10.2. The number of nitrogens with zero attached hydrogens (tertiary/aromatic N) is 3. The molecule has 13 heteroatoms. The van der Waals surface area contributed by atoms with E-state index in [9.17, 15) is 22.8 Å². The van der Waals surface area contributed by atoms with Crippen molar-refractivity contribution >= 4 is 27.9 Å². The Kier molecular flexibility index (Phi) is 6.41. The van der Waals surface area contributed by atoms with Gasteiger partial charge in [0, 0.05) is 7.05 Å². The second-order valence-corrected chi connectivity index (χ2v) is 6.66. The van der Waals surface area contributed by atoms with Gasteiger partial charge in [0.15, 0.2) is 0 Å². The second kappa shape index (κ2) is 8.56. The predicted molar refractivity (Wildman–Crippen MR) is 97.5 cm³/mol. The third-order valence-electron chi connectivity index (χ3n) is 3.29. The van der Waals surface area contributed by atoms with E-state index in [-0.39, 0.29) is 30.5 Å². The minimum atomic E-state index is -4.49. The molecule has 0 atom stereocenters. The number of carbonyl (C=O) groups excluding carboxylic acids is 2. The number of benzene rings is 1. The summed E-state index contributed by atoms with van der Waals surface area (Å²) in [5.41, 5.74) is -1.05. The van der Waals surface area contributed by atoms with Crippen LogP contribution in [0.1, 0.15) is 24.2 Å². The summed E-state index contributed by atoms with van der Waals surface area (Å²) in [4.78, 5) is 36.1. The molecule has 1 heterocycles. The van der Waals surface area contributed by atoms with Gasteiger partial charge in [-0.1, -0.05) is 12.1 Å². The van der Waals surface area contributed by atoms with Crippen LogP contribution in [0, 0.1) is 0 Å². The monoisotopic (exact) mass is 413 g/mol. The van der Waals surface area contributed by atoms with Crippen LogP contribution < -0.4 is 19.9 Å². The maximum Gasteiger partial charge on any atom is 0.361 e. The second-order valence-electron chi connectivity index (χ2n) is 5.25. The third-order valence-corrected chi connectivity index (χ3v) is 4.23. The van der Waals surface area contributed by atoms with Crippen molar-refractivity contribution in [1.29, 1.82) is 0 Å². The van der Waals surface area contributed by atoms with Crippen molar-refractivity contribution in [2.45, 2.75) is 13.8 Å². The van der Waals surface area contributed by atoms with Gasteiger partial charge in [-0.3, -0.25) is 4.72 Å². The number of amides is 1. The number of nitrogens with one attached hydrogen (secondary N) is 2. The quantitative estimate of drug-likeness (QED) is 0.605. The summed E-state index contributed by atoms with van der Waals surface area (Å²) in [6.45, 7) is 3.54. The van der Waals surface area contributed by atoms with E-state index in [1.165, 1.54) is 31.3 Å². The Morgan fingerprint density at radius 2 is 1.86 bits per heavy atom. The summed E-state index contributed by atoms with van der Waals surface area (Å²) >= 11 is 0. The first kappa shape index (κ1) is 21.0. The molecule has 0 saturated carbocycles. The molecule has 1 amide bonds. The molecule has 28 heavy (non-hydrogen) atoms. The van der Waals surface area contributed by atoms with Crippen LogP contribution in [0.3, 0.4) is 0 Å². The Balaban J connectivity index is 2.24. The first-order chi connectivity index (χ1) is 13.2. The summed E-state index contributed by atoms with van der Waals surface area (Å²) < 4.78 is 39.4. The average molecular weight is 413 g/mol. The third kappa shape index (κ3) is 4.68. The van der Waals surface area contributed by atoms with E-state index in [0.29, 0.717) is 4.68 Å². The number of aromatic nitrogens is 3. The fourth-order valence-corrected chi connectivity index (χ4v) is 2.93. The molecule has 0 spiro atoms. The van der Waals surface area contributed by atoms with Crippen LogP contribution in [-0.2, 0) is 22.0 Å². The fraction of sp³-hybridized carbons (Fsp3) is 0.333. The zero-order valence-electron chi connectivity index (χ0n) is 15.3. The highest BCUT2D eigenvalue weighted by molar-refractivity contribution is 7.91. The van der Waals surface area contributed by atoms with Gasteiger partial charge in [-0.25, -0.2) is 23.7 Å². The van der Waals surface area contributed by atoms with Crippen molar-refractivity contribution in [1.82, 2.24) is 19.1 Å². The fourth-order valence-electron chi connectivity index (χ4n) is 2.09. The van der Waals surface area contributed by atoms with Gasteiger partial charge in [-0.15, -0.1) is 9.78 Å². The molecule has 0 aliphatic rings. The molecule has 0 radical (unpaired) electrons. The van der Waals surface area contributed by atoms with Gasteiger partial charge in [-0.2, -0.15) is 8.42 Å². The number of anilines is 1. The number of ether oxygens (including phenoxy) is 2. The van der Waals surface area contributed by atoms with E-state index in [0.717, 1.165) is 4.57 Å². The molecule has 12 nitrogen and oxygen atoms in total. The molecule has 0 fully saturated rings. The largest absolute Gasteiger partial charge is 0.464 e. The van der Waals surface area contributed by atoms with E-state index in [1.54, 1.807) is 18.6 Å². The van der Waals surface area contributed by atoms with E-state index >= 15 is 0 Å².